The van der Waals surface area contributed by atoms with Crippen LogP contribution in [0.2, 0.25) is 0 Å². The molecule has 8 heteroatoms. The van der Waals surface area contributed by atoms with Gasteiger partial charge in [-0.15, -0.1) is 0 Å². The van der Waals surface area contributed by atoms with Crippen LogP contribution in [-0.2, 0) is 14.6 Å². The topological polar surface area (TPSA) is 94.6 Å². The molecule has 0 radical (unpaired) electrons. The van der Waals surface area contributed by atoms with Crippen LogP contribution in [-0.4, -0.2) is 32.6 Å². The van der Waals surface area contributed by atoms with E-state index in [1.54, 1.807) is 6.07 Å². The molecule has 0 unspecified atom stereocenters. The van der Waals surface area contributed by atoms with Crippen molar-refractivity contribution in [2.24, 2.45) is 0 Å². The molecule has 0 aliphatic carbocycles. The Hall–Kier alpha value is -3.65. The molecule has 0 N–H and O–H groups in total. The van der Waals surface area contributed by atoms with Crippen molar-refractivity contribution >= 4 is 27.4 Å². The molecule has 1 heterocycles. The van der Waals surface area contributed by atoms with E-state index < -0.39 is 39.8 Å². The fourth-order valence-electron chi connectivity index (χ4n) is 3.19. The van der Waals surface area contributed by atoms with Crippen LogP contribution in [0, 0.1) is 5.82 Å². The van der Waals surface area contributed by atoms with Gasteiger partial charge >= 0.3 is 5.97 Å². The molecular formula is C22H13FO6S. The zero-order valence-electron chi connectivity index (χ0n) is 15.3. The van der Waals surface area contributed by atoms with Crippen LogP contribution < -0.4 is 0 Å². The number of benzene rings is 3. The molecule has 0 aromatic heterocycles. The highest BCUT2D eigenvalue weighted by Gasteiger charge is 2.35. The highest BCUT2D eigenvalue weighted by atomic mass is 32.2. The average Bonchev–Trinajstić information content (AvgIpc) is 2.76. The molecule has 0 saturated carbocycles. The second-order valence-corrected chi connectivity index (χ2v) is 8.41. The summed E-state index contributed by atoms with van der Waals surface area (Å²) in [5.74, 6) is -2.92. The third-order valence-electron chi connectivity index (χ3n) is 4.68. The number of fused-ring (bicyclic) bond motifs is 2. The van der Waals surface area contributed by atoms with Crippen LogP contribution in [0.5, 0.6) is 0 Å². The van der Waals surface area contributed by atoms with Gasteiger partial charge < -0.3 is 4.74 Å². The quantitative estimate of drug-likeness (QED) is 0.369. The Morgan fingerprint density at radius 3 is 2.30 bits per heavy atom. The third kappa shape index (κ3) is 3.21. The normalized spacial score (nSPS) is 13.8. The van der Waals surface area contributed by atoms with Gasteiger partial charge in [0.15, 0.2) is 12.4 Å². The Bertz CT molecular complexity index is 1330. The summed E-state index contributed by atoms with van der Waals surface area (Å²) in [4.78, 5) is 36.6. The first kappa shape index (κ1) is 19.7. The van der Waals surface area contributed by atoms with E-state index in [1.807, 2.05) is 0 Å². The van der Waals surface area contributed by atoms with Gasteiger partial charge in [0.05, 0.1) is 20.9 Å². The summed E-state index contributed by atoms with van der Waals surface area (Å²) in [6.45, 7) is -0.717. The maximum atomic E-state index is 13.7. The lowest BCUT2D eigenvalue weighted by Gasteiger charge is -2.19. The molecule has 30 heavy (non-hydrogen) atoms. The summed E-state index contributed by atoms with van der Waals surface area (Å²) < 4.78 is 44.4. The summed E-state index contributed by atoms with van der Waals surface area (Å²) in [7, 11) is -4.02. The van der Waals surface area contributed by atoms with Crippen molar-refractivity contribution in [1.29, 1.82) is 0 Å². The monoisotopic (exact) mass is 424 g/mol. The van der Waals surface area contributed by atoms with Gasteiger partial charge in [0.1, 0.15) is 5.82 Å². The van der Waals surface area contributed by atoms with E-state index in [2.05, 4.69) is 0 Å². The smallest absolute Gasteiger partial charge is 0.338 e. The van der Waals surface area contributed by atoms with Gasteiger partial charge in [-0.05, 0) is 42.5 Å². The minimum absolute atomic E-state index is 0.0484. The van der Waals surface area contributed by atoms with Crippen molar-refractivity contribution in [3.05, 3.63) is 94.8 Å². The zero-order chi connectivity index (χ0) is 21.5. The predicted molar refractivity (Wildman–Crippen MR) is 103 cm³/mol. The second kappa shape index (κ2) is 7.31. The molecule has 0 atom stereocenters. The highest BCUT2D eigenvalue weighted by Crippen LogP contribution is 2.34. The fraction of sp³-hybridized carbons (Fsp3) is 0.0455. The van der Waals surface area contributed by atoms with Gasteiger partial charge in [-0.3, -0.25) is 9.59 Å². The molecule has 0 amide bonds. The maximum Gasteiger partial charge on any atom is 0.338 e. The molecule has 6 nitrogen and oxygen atoms in total. The van der Waals surface area contributed by atoms with Gasteiger partial charge in [0, 0.05) is 11.1 Å². The van der Waals surface area contributed by atoms with Gasteiger partial charge in [0.25, 0.3) is 0 Å². The fourth-order valence-corrected chi connectivity index (χ4v) is 4.87. The predicted octanol–water partition coefficient (Wildman–Crippen LogP) is 3.24. The lowest BCUT2D eigenvalue weighted by molar-refractivity contribution is 0.0473. The minimum atomic E-state index is -4.02. The number of carbonyl (C=O) groups is 3. The largest absolute Gasteiger partial charge is 0.454 e. The van der Waals surface area contributed by atoms with Gasteiger partial charge in [0.2, 0.25) is 15.6 Å². The molecule has 0 saturated heterocycles. The van der Waals surface area contributed by atoms with Crippen LogP contribution in [0.15, 0.2) is 76.5 Å². The molecule has 4 rings (SSSR count). The number of rotatable bonds is 4. The number of ketones is 2. The summed E-state index contributed by atoms with van der Waals surface area (Å²) in [6.07, 6.45) is 0. The maximum absolute atomic E-state index is 13.7. The standard InChI is InChI=1S/C22H13FO6S/c23-17-7-3-1-5-14(17)18(24)12-29-22(26)13-9-10-16-20(11-13)30(27,28)19-8-4-2-6-15(19)21(16)25/h1-11H,12H2. The number of esters is 1. The lowest BCUT2D eigenvalue weighted by Crippen LogP contribution is -2.21. The van der Waals surface area contributed by atoms with Crippen molar-refractivity contribution in [2.75, 3.05) is 6.61 Å². The van der Waals surface area contributed by atoms with Crippen molar-refractivity contribution in [3.8, 4) is 0 Å². The van der Waals surface area contributed by atoms with Crippen LogP contribution in [0.4, 0.5) is 4.39 Å². The molecule has 3 aromatic rings. The Morgan fingerprint density at radius 1 is 0.867 bits per heavy atom. The molecule has 0 spiro atoms. The number of Topliss-reactive ketones (excluding diaryl/α,β-unsaturated/α-hetero) is 1. The highest BCUT2D eigenvalue weighted by molar-refractivity contribution is 7.91. The number of halogens is 1. The molecule has 150 valence electrons. The first-order valence-electron chi connectivity index (χ1n) is 8.78. The van der Waals surface area contributed by atoms with Crippen LogP contribution in [0.1, 0.15) is 36.6 Å². The SMILES string of the molecule is O=C(OCC(=O)c1ccccc1F)c1ccc2c(c1)S(=O)(=O)c1ccccc1C2=O. The molecule has 0 fully saturated rings. The second-order valence-electron chi connectivity index (χ2n) is 6.52. The molecule has 1 aliphatic heterocycles. The summed E-state index contributed by atoms with van der Waals surface area (Å²) in [5, 5.41) is 0. The van der Waals surface area contributed by atoms with Gasteiger partial charge in [-0.25, -0.2) is 17.6 Å². The van der Waals surface area contributed by atoms with Crippen molar-refractivity contribution in [1.82, 2.24) is 0 Å². The van der Waals surface area contributed by atoms with E-state index in [0.717, 1.165) is 12.1 Å². The number of sulfone groups is 1. The summed E-state index contributed by atoms with van der Waals surface area (Å²) >= 11 is 0. The van der Waals surface area contributed by atoms with Crippen molar-refractivity contribution in [3.63, 3.8) is 0 Å². The van der Waals surface area contributed by atoms with Gasteiger partial charge in [-0.1, -0.05) is 24.3 Å². The van der Waals surface area contributed by atoms with E-state index in [-0.39, 0.29) is 32.0 Å². The van der Waals surface area contributed by atoms with E-state index in [1.165, 1.54) is 48.5 Å². The van der Waals surface area contributed by atoms with Crippen molar-refractivity contribution < 1.29 is 31.9 Å². The lowest BCUT2D eigenvalue weighted by atomic mass is 10.0. The molecule has 0 bridgehead atoms. The Morgan fingerprint density at radius 2 is 1.53 bits per heavy atom. The third-order valence-corrected chi connectivity index (χ3v) is 6.53. The number of hydrogen-bond donors (Lipinski definition) is 0. The number of hydrogen-bond acceptors (Lipinski definition) is 6. The summed E-state index contributed by atoms with van der Waals surface area (Å²) in [5.41, 5.74) is -0.352. The Balaban J connectivity index is 1.61. The molecule has 1 aliphatic rings. The zero-order valence-corrected chi connectivity index (χ0v) is 16.1. The number of ether oxygens (including phenoxy) is 1. The van der Waals surface area contributed by atoms with E-state index >= 15 is 0 Å². The average molecular weight is 424 g/mol. The van der Waals surface area contributed by atoms with E-state index in [4.69, 9.17) is 4.74 Å². The molecule has 3 aromatic carbocycles. The van der Waals surface area contributed by atoms with E-state index in [9.17, 15) is 27.2 Å². The van der Waals surface area contributed by atoms with Gasteiger partial charge in [-0.2, -0.15) is 0 Å². The first-order chi connectivity index (χ1) is 14.3. The Kier molecular flexibility index (Phi) is 4.79. The first-order valence-corrected chi connectivity index (χ1v) is 10.3. The molecular weight excluding hydrogens is 411 g/mol. The van der Waals surface area contributed by atoms with Crippen LogP contribution in [0.3, 0.4) is 0 Å². The summed E-state index contributed by atoms with van der Waals surface area (Å²) in [6, 6.07) is 14.6. The van der Waals surface area contributed by atoms with E-state index in [0.29, 0.717) is 0 Å². The van der Waals surface area contributed by atoms with Crippen LogP contribution >= 0.6 is 0 Å². The van der Waals surface area contributed by atoms with Crippen molar-refractivity contribution in [2.45, 2.75) is 9.79 Å². The van der Waals surface area contributed by atoms with Crippen LogP contribution in [0.25, 0.3) is 0 Å². The Labute approximate surface area is 170 Å². The minimum Gasteiger partial charge on any atom is -0.454 e. The number of carbonyl (C=O) groups excluding carboxylic acids is 3.